The summed E-state index contributed by atoms with van der Waals surface area (Å²) < 4.78 is 10.0. The Morgan fingerprint density at radius 3 is 2.49 bits per heavy atom. The number of pyridine rings is 1. The van der Waals surface area contributed by atoms with E-state index in [1.54, 1.807) is 25.1 Å². The summed E-state index contributed by atoms with van der Waals surface area (Å²) in [6.45, 7) is 4.43. The van der Waals surface area contributed by atoms with Gasteiger partial charge < -0.3 is 24.4 Å². The van der Waals surface area contributed by atoms with Crippen LogP contribution in [0.4, 0.5) is 5.82 Å². The highest BCUT2D eigenvalue weighted by Gasteiger charge is 2.42. The first kappa shape index (κ1) is 25.0. The lowest BCUT2D eigenvalue weighted by molar-refractivity contribution is -0.130. The van der Waals surface area contributed by atoms with Crippen LogP contribution in [-0.2, 0) is 9.59 Å². The number of ether oxygens (including phenoxy) is 1. The Morgan fingerprint density at radius 1 is 1.11 bits per heavy atom. The van der Waals surface area contributed by atoms with Gasteiger partial charge in [-0.25, -0.2) is 4.98 Å². The zero-order chi connectivity index (χ0) is 25.0. The molecule has 2 aliphatic heterocycles. The number of halogens is 1. The molecule has 1 spiro atoms. The number of carbonyl (C=O) groups is 3. The van der Waals surface area contributed by atoms with E-state index in [1.165, 1.54) is 7.11 Å². The van der Waals surface area contributed by atoms with Crippen molar-refractivity contribution in [3.05, 3.63) is 34.7 Å². The van der Waals surface area contributed by atoms with Gasteiger partial charge in [-0.15, -0.1) is 0 Å². The number of likely N-dealkylation sites (tertiary alicyclic amines) is 2. The van der Waals surface area contributed by atoms with Crippen molar-refractivity contribution in [2.45, 2.75) is 45.4 Å². The van der Waals surface area contributed by atoms with E-state index in [4.69, 9.17) is 20.9 Å². The predicted molar refractivity (Wildman–Crippen MR) is 128 cm³/mol. The van der Waals surface area contributed by atoms with E-state index in [0.717, 1.165) is 19.3 Å². The molecule has 1 N–H and O–H groups in total. The minimum Gasteiger partial charge on any atom is -0.481 e. The van der Waals surface area contributed by atoms with Crippen LogP contribution in [0.15, 0.2) is 22.7 Å². The molecule has 11 heteroatoms. The van der Waals surface area contributed by atoms with Gasteiger partial charge >= 0.3 is 0 Å². The molecule has 0 saturated carbocycles. The Balaban J connectivity index is 1.22. The lowest BCUT2D eigenvalue weighted by Crippen LogP contribution is -2.44. The Morgan fingerprint density at radius 2 is 1.83 bits per heavy atom. The van der Waals surface area contributed by atoms with Crippen molar-refractivity contribution in [2.24, 2.45) is 5.41 Å². The van der Waals surface area contributed by atoms with Gasteiger partial charge in [0, 0.05) is 56.7 Å². The van der Waals surface area contributed by atoms with Crippen molar-refractivity contribution in [3.63, 3.8) is 0 Å². The molecule has 0 unspecified atom stereocenters. The summed E-state index contributed by atoms with van der Waals surface area (Å²) in [7, 11) is 1.49. The first-order chi connectivity index (χ1) is 16.8. The van der Waals surface area contributed by atoms with Crippen molar-refractivity contribution >= 4 is 35.1 Å². The Labute approximate surface area is 208 Å². The minimum atomic E-state index is -0.186. The fourth-order valence-electron chi connectivity index (χ4n) is 4.81. The second-order valence-electron chi connectivity index (χ2n) is 9.30. The maximum Gasteiger partial charge on any atom is 0.254 e. The molecule has 35 heavy (non-hydrogen) atoms. The van der Waals surface area contributed by atoms with Crippen LogP contribution in [0.2, 0.25) is 5.15 Å². The molecule has 2 fully saturated rings. The number of methoxy groups -OCH3 is 1. The van der Waals surface area contributed by atoms with E-state index < -0.39 is 0 Å². The number of aromatic nitrogens is 2. The van der Waals surface area contributed by atoms with Crippen LogP contribution >= 0.6 is 11.6 Å². The van der Waals surface area contributed by atoms with Crippen molar-refractivity contribution in [1.82, 2.24) is 19.9 Å². The second kappa shape index (κ2) is 10.6. The third-order valence-corrected chi connectivity index (χ3v) is 7.01. The minimum absolute atomic E-state index is 0.0439. The SMILES string of the molecule is COc1cc(C(=O)N2CCC3(CCN(C(=O)CCCC(=O)Nc4cc(C)on4)C3)CC2)cc(Cl)n1. The smallest absolute Gasteiger partial charge is 0.254 e. The lowest BCUT2D eigenvalue weighted by Gasteiger charge is -2.39. The van der Waals surface area contributed by atoms with Crippen LogP contribution in [0, 0.1) is 12.3 Å². The number of nitrogens with one attached hydrogen (secondary N) is 1. The van der Waals surface area contributed by atoms with Crippen LogP contribution < -0.4 is 10.1 Å². The zero-order valence-electron chi connectivity index (χ0n) is 20.0. The van der Waals surface area contributed by atoms with Crippen LogP contribution in [0.3, 0.4) is 0 Å². The van der Waals surface area contributed by atoms with Crippen LogP contribution in [0.1, 0.15) is 54.6 Å². The molecule has 0 aliphatic carbocycles. The maximum atomic E-state index is 13.0. The zero-order valence-corrected chi connectivity index (χ0v) is 20.8. The number of rotatable bonds is 7. The predicted octanol–water partition coefficient (Wildman–Crippen LogP) is 3.30. The van der Waals surface area contributed by atoms with Crippen LogP contribution in [0.5, 0.6) is 5.88 Å². The van der Waals surface area contributed by atoms with Crippen molar-refractivity contribution in [3.8, 4) is 5.88 Å². The number of hydrogen-bond donors (Lipinski definition) is 1. The quantitative estimate of drug-likeness (QED) is 0.576. The summed E-state index contributed by atoms with van der Waals surface area (Å²) in [5.74, 6) is 1.11. The third-order valence-electron chi connectivity index (χ3n) is 6.82. The van der Waals surface area contributed by atoms with Gasteiger partial charge in [-0.1, -0.05) is 16.8 Å². The number of amides is 3. The summed E-state index contributed by atoms with van der Waals surface area (Å²) in [6, 6.07) is 4.80. The van der Waals surface area contributed by atoms with Crippen LogP contribution in [0.25, 0.3) is 0 Å². The molecule has 0 radical (unpaired) electrons. The fourth-order valence-corrected chi connectivity index (χ4v) is 5.01. The summed E-state index contributed by atoms with van der Waals surface area (Å²) in [6.07, 6.45) is 3.68. The molecule has 0 atom stereocenters. The number of anilines is 1. The molecule has 2 aromatic rings. The van der Waals surface area contributed by atoms with Gasteiger partial charge in [0.2, 0.25) is 17.7 Å². The van der Waals surface area contributed by atoms with E-state index in [0.29, 0.717) is 62.0 Å². The molecule has 2 aliphatic rings. The Hall–Kier alpha value is -3.14. The second-order valence-corrected chi connectivity index (χ2v) is 9.69. The maximum absolute atomic E-state index is 13.0. The molecule has 188 valence electrons. The molecule has 0 aromatic carbocycles. The summed E-state index contributed by atoms with van der Waals surface area (Å²) >= 11 is 6.02. The molecule has 0 bridgehead atoms. The fraction of sp³-hybridized carbons (Fsp3) is 0.542. The van der Waals surface area contributed by atoms with Crippen LogP contribution in [-0.4, -0.2) is 71.0 Å². The molecule has 10 nitrogen and oxygen atoms in total. The Kier molecular flexibility index (Phi) is 7.59. The summed E-state index contributed by atoms with van der Waals surface area (Å²) in [4.78, 5) is 45.5. The van der Waals surface area contributed by atoms with Gasteiger partial charge in [-0.2, -0.15) is 0 Å². The highest BCUT2D eigenvalue weighted by molar-refractivity contribution is 6.29. The van der Waals surface area contributed by atoms with E-state index in [-0.39, 0.29) is 34.7 Å². The molecular weight excluding hydrogens is 474 g/mol. The normalized spacial score (nSPS) is 17.0. The number of carbonyl (C=O) groups excluding carboxylic acids is 3. The summed E-state index contributed by atoms with van der Waals surface area (Å²) in [5.41, 5.74) is 0.506. The van der Waals surface area contributed by atoms with Crippen molar-refractivity contribution in [1.29, 1.82) is 0 Å². The molecule has 4 rings (SSSR count). The monoisotopic (exact) mass is 503 g/mol. The number of hydrogen-bond acceptors (Lipinski definition) is 7. The molecule has 4 heterocycles. The largest absolute Gasteiger partial charge is 0.481 e. The van der Waals surface area contributed by atoms with E-state index >= 15 is 0 Å². The summed E-state index contributed by atoms with van der Waals surface area (Å²) in [5, 5.41) is 6.62. The highest BCUT2D eigenvalue weighted by atomic mass is 35.5. The van der Waals surface area contributed by atoms with E-state index in [1.807, 2.05) is 9.80 Å². The average Bonchev–Trinajstić information content (AvgIpc) is 3.44. The first-order valence-corrected chi connectivity index (χ1v) is 12.2. The van der Waals surface area contributed by atoms with Crippen molar-refractivity contribution in [2.75, 3.05) is 38.6 Å². The molecular formula is C24H30ClN5O5. The molecule has 2 aromatic heterocycles. The lowest BCUT2D eigenvalue weighted by atomic mass is 9.77. The Bertz CT molecular complexity index is 1100. The van der Waals surface area contributed by atoms with Crippen molar-refractivity contribution < 1.29 is 23.6 Å². The number of aryl methyl sites for hydroxylation is 1. The highest BCUT2D eigenvalue weighted by Crippen LogP contribution is 2.41. The van der Waals surface area contributed by atoms with E-state index in [2.05, 4.69) is 15.5 Å². The number of piperidine rings is 1. The first-order valence-electron chi connectivity index (χ1n) is 11.8. The van der Waals surface area contributed by atoms with Gasteiger partial charge in [0.1, 0.15) is 10.9 Å². The third kappa shape index (κ3) is 6.11. The van der Waals surface area contributed by atoms with Gasteiger partial charge in [-0.05, 0) is 44.1 Å². The van der Waals surface area contributed by atoms with Gasteiger partial charge in [-0.3, -0.25) is 14.4 Å². The van der Waals surface area contributed by atoms with Gasteiger partial charge in [0.05, 0.1) is 7.11 Å². The average molecular weight is 504 g/mol. The molecule has 2 saturated heterocycles. The standard InChI is InChI=1S/C24H30ClN5O5/c1-16-12-19(28-35-16)27-20(31)4-3-5-22(32)30-11-8-24(15-30)6-9-29(10-7-24)23(33)17-13-18(25)26-21(14-17)34-2/h12-14H,3-11,15H2,1-2H3,(H,27,28,31). The van der Waals surface area contributed by atoms with E-state index in [9.17, 15) is 14.4 Å². The topological polar surface area (TPSA) is 118 Å². The number of nitrogens with zero attached hydrogens (tertiary/aromatic N) is 4. The van der Waals surface area contributed by atoms with Gasteiger partial charge in [0.15, 0.2) is 5.82 Å². The van der Waals surface area contributed by atoms with Gasteiger partial charge in [0.25, 0.3) is 5.91 Å². The molecule has 3 amide bonds.